The Morgan fingerprint density at radius 1 is 1.12 bits per heavy atom. The van der Waals surface area contributed by atoms with Crippen LogP contribution in [0.25, 0.3) is 0 Å². The third-order valence-electron chi connectivity index (χ3n) is 3.78. The summed E-state index contributed by atoms with van der Waals surface area (Å²) in [6, 6.07) is 2.34. The van der Waals surface area contributed by atoms with Crippen LogP contribution in [0.5, 0.6) is 0 Å². The molecule has 90 valence electrons. The smallest absolute Gasteiger partial charge is 0.378 e. The molecule has 1 aromatic carbocycles. The number of rotatable bonds is 1. The van der Waals surface area contributed by atoms with Gasteiger partial charge in [-0.1, -0.05) is 6.07 Å². The van der Waals surface area contributed by atoms with E-state index < -0.39 is 6.09 Å². The molecule has 3 nitrogen and oxygen atoms in total. The fourth-order valence-corrected chi connectivity index (χ4v) is 3.14. The normalized spacial score (nSPS) is 16.5. The van der Waals surface area contributed by atoms with Gasteiger partial charge < -0.3 is 4.18 Å². The Hall–Kier alpha value is -1.16. The highest BCUT2D eigenvalue weighted by atomic mass is 32.1. The molecule has 0 atom stereocenters. The summed E-state index contributed by atoms with van der Waals surface area (Å²) in [5.41, 5.74) is 6.43. The number of hydrogen-bond donors (Lipinski definition) is 2. The molecule has 17 heavy (non-hydrogen) atoms. The summed E-state index contributed by atoms with van der Waals surface area (Å²) in [5.74, 6) is 0. The predicted molar refractivity (Wildman–Crippen MR) is 69.6 cm³/mol. The number of nitrogens with one attached hydrogen (secondary N) is 1. The van der Waals surface area contributed by atoms with Crippen LogP contribution in [0.2, 0.25) is 0 Å². The number of carbonyl (C=O) groups excluding carboxylic acids is 1. The second-order valence-corrected chi connectivity index (χ2v) is 4.92. The molecule has 0 fully saturated rings. The number of fused-ring (bicyclic) bond motifs is 2. The Bertz CT molecular complexity index is 453. The molecule has 2 aliphatic rings. The van der Waals surface area contributed by atoms with Crippen molar-refractivity contribution in [2.24, 2.45) is 0 Å². The lowest BCUT2D eigenvalue weighted by molar-refractivity contribution is 0.223. The molecule has 0 saturated carbocycles. The maximum absolute atomic E-state index is 11.4. The molecule has 0 heterocycles. The zero-order chi connectivity index (χ0) is 11.8. The van der Waals surface area contributed by atoms with Crippen LogP contribution in [0, 0.1) is 0 Å². The highest BCUT2D eigenvalue weighted by Crippen LogP contribution is 2.38. The van der Waals surface area contributed by atoms with E-state index in [-0.39, 0.29) is 0 Å². The number of aryl methyl sites for hydroxylation is 2. The zero-order valence-corrected chi connectivity index (χ0v) is 10.5. The third-order valence-corrected chi connectivity index (χ3v) is 3.95. The van der Waals surface area contributed by atoms with Gasteiger partial charge in [0, 0.05) is 12.9 Å². The van der Waals surface area contributed by atoms with Crippen molar-refractivity contribution in [3.05, 3.63) is 28.3 Å². The van der Waals surface area contributed by atoms with Crippen molar-refractivity contribution in [2.45, 2.75) is 38.5 Å². The third kappa shape index (κ3) is 1.80. The van der Waals surface area contributed by atoms with E-state index in [4.69, 9.17) is 0 Å². The molecule has 3 rings (SSSR count). The molecule has 0 aromatic heterocycles. The summed E-state index contributed by atoms with van der Waals surface area (Å²) in [4.78, 5) is 11.4. The maximum Gasteiger partial charge on any atom is 0.423 e. The first-order valence-electron chi connectivity index (χ1n) is 6.08. The van der Waals surface area contributed by atoms with Crippen molar-refractivity contribution in [1.29, 1.82) is 0 Å². The molecule has 2 aliphatic carbocycles. The average Bonchev–Trinajstić information content (AvgIpc) is 2.96. The molecule has 0 unspecified atom stereocenters. The zero-order valence-electron chi connectivity index (χ0n) is 9.58. The number of thiol groups is 1. The van der Waals surface area contributed by atoms with Crippen LogP contribution in [-0.2, 0) is 29.9 Å². The molecule has 1 amide bonds. The van der Waals surface area contributed by atoms with Gasteiger partial charge >= 0.3 is 6.09 Å². The Kier molecular flexibility index (Phi) is 2.74. The fraction of sp³-hybridized carbons (Fsp3) is 0.462. The van der Waals surface area contributed by atoms with Crippen LogP contribution >= 0.6 is 12.9 Å². The SMILES string of the molecule is O=C(Nc1c2c(cc3c1CCC3)CCC2)OS. The fourth-order valence-electron chi connectivity index (χ4n) is 3.09. The van der Waals surface area contributed by atoms with Gasteiger partial charge in [-0.3, -0.25) is 5.32 Å². The molecular formula is C13H15NO2S. The van der Waals surface area contributed by atoms with Crippen molar-refractivity contribution < 1.29 is 8.98 Å². The number of amides is 1. The summed E-state index contributed by atoms with van der Waals surface area (Å²) in [7, 11) is 0. The van der Waals surface area contributed by atoms with E-state index in [0.717, 1.165) is 31.4 Å². The van der Waals surface area contributed by atoms with Gasteiger partial charge in [0.05, 0.1) is 5.69 Å². The second kappa shape index (κ2) is 4.26. The van der Waals surface area contributed by atoms with Crippen molar-refractivity contribution in [1.82, 2.24) is 0 Å². The van der Waals surface area contributed by atoms with Gasteiger partial charge in [-0.15, -0.1) is 0 Å². The summed E-state index contributed by atoms with van der Waals surface area (Å²) >= 11 is 3.54. The van der Waals surface area contributed by atoms with Crippen LogP contribution in [0.3, 0.4) is 0 Å². The molecule has 0 spiro atoms. The quantitative estimate of drug-likeness (QED) is 0.593. The number of carbonyl (C=O) groups is 1. The van der Waals surface area contributed by atoms with E-state index in [2.05, 4.69) is 28.5 Å². The van der Waals surface area contributed by atoms with Crippen molar-refractivity contribution >= 4 is 24.7 Å². The van der Waals surface area contributed by atoms with E-state index in [0.29, 0.717) is 0 Å². The highest BCUT2D eigenvalue weighted by Gasteiger charge is 2.24. The Labute approximate surface area is 106 Å². The number of anilines is 1. The molecular weight excluding hydrogens is 234 g/mol. The Balaban J connectivity index is 2.08. The molecule has 1 N–H and O–H groups in total. The summed E-state index contributed by atoms with van der Waals surface area (Å²) < 4.78 is 4.42. The first-order valence-corrected chi connectivity index (χ1v) is 6.45. The van der Waals surface area contributed by atoms with Gasteiger partial charge in [-0.25, -0.2) is 4.79 Å². The van der Waals surface area contributed by atoms with E-state index in [1.165, 1.54) is 35.1 Å². The van der Waals surface area contributed by atoms with Crippen LogP contribution in [-0.4, -0.2) is 6.09 Å². The van der Waals surface area contributed by atoms with Gasteiger partial charge in [-0.2, -0.15) is 0 Å². The van der Waals surface area contributed by atoms with Gasteiger partial charge in [0.1, 0.15) is 0 Å². The Morgan fingerprint density at radius 2 is 1.71 bits per heavy atom. The largest absolute Gasteiger partial charge is 0.423 e. The molecule has 0 radical (unpaired) electrons. The summed E-state index contributed by atoms with van der Waals surface area (Å²) in [5, 5.41) is 2.85. The lowest BCUT2D eigenvalue weighted by Crippen LogP contribution is -2.13. The lowest BCUT2D eigenvalue weighted by atomic mass is 9.99. The van der Waals surface area contributed by atoms with Gasteiger partial charge in [-0.05, 0) is 60.8 Å². The van der Waals surface area contributed by atoms with Crippen molar-refractivity contribution in [3.63, 3.8) is 0 Å². The minimum Gasteiger partial charge on any atom is -0.378 e. The summed E-state index contributed by atoms with van der Waals surface area (Å²) in [6.07, 6.45) is 6.27. The predicted octanol–water partition coefficient (Wildman–Crippen LogP) is 3.06. The van der Waals surface area contributed by atoms with E-state index >= 15 is 0 Å². The molecule has 0 bridgehead atoms. The van der Waals surface area contributed by atoms with Crippen LogP contribution < -0.4 is 5.32 Å². The number of benzene rings is 1. The van der Waals surface area contributed by atoms with Gasteiger partial charge in [0.25, 0.3) is 0 Å². The lowest BCUT2D eigenvalue weighted by Gasteiger charge is -2.14. The minimum absolute atomic E-state index is 0.484. The second-order valence-electron chi connectivity index (χ2n) is 4.74. The maximum atomic E-state index is 11.4. The molecule has 1 aromatic rings. The monoisotopic (exact) mass is 249 g/mol. The van der Waals surface area contributed by atoms with E-state index in [1.807, 2.05) is 0 Å². The van der Waals surface area contributed by atoms with Crippen molar-refractivity contribution in [3.8, 4) is 0 Å². The molecule has 0 saturated heterocycles. The topological polar surface area (TPSA) is 38.3 Å². The summed E-state index contributed by atoms with van der Waals surface area (Å²) in [6.45, 7) is 0. The minimum atomic E-state index is -0.484. The van der Waals surface area contributed by atoms with Gasteiger partial charge in [0.2, 0.25) is 0 Å². The van der Waals surface area contributed by atoms with Gasteiger partial charge in [0.15, 0.2) is 0 Å². The average molecular weight is 249 g/mol. The molecule has 0 aliphatic heterocycles. The van der Waals surface area contributed by atoms with Crippen LogP contribution in [0.4, 0.5) is 10.5 Å². The molecule has 4 heteroatoms. The first kappa shape index (κ1) is 11.0. The number of hydrogen-bond acceptors (Lipinski definition) is 3. The Morgan fingerprint density at radius 3 is 2.24 bits per heavy atom. The van der Waals surface area contributed by atoms with E-state index in [1.54, 1.807) is 0 Å². The first-order chi connectivity index (χ1) is 8.29. The highest BCUT2D eigenvalue weighted by molar-refractivity contribution is 7.75. The van der Waals surface area contributed by atoms with Crippen LogP contribution in [0.15, 0.2) is 6.07 Å². The van der Waals surface area contributed by atoms with Crippen molar-refractivity contribution in [2.75, 3.05) is 5.32 Å². The standard InChI is InChI=1S/C13H15NO2S/c15-13(16-17)14-12-10-5-1-3-8(10)7-9-4-2-6-11(9)12/h7,17H,1-6H2,(H,14,15). The van der Waals surface area contributed by atoms with E-state index in [9.17, 15) is 4.79 Å². The van der Waals surface area contributed by atoms with Crippen LogP contribution in [0.1, 0.15) is 35.1 Å².